The summed E-state index contributed by atoms with van der Waals surface area (Å²) in [7, 11) is 0. The van der Waals surface area contributed by atoms with Gasteiger partial charge in [-0.15, -0.1) is 0 Å². The molecule has 0 aliphatic heterocycles. The summed E-state index contributed by atoms with van der Waals surface area (Å²) in [5, 5.41) is 7.42. The van der Waals surface area contributed by atoms with Gasteiger partial charge in [-0.2, -0.15) is 5.10 Å². The highest BCUT2D eigenvalue weighted by Crippen LogP contribution is 2.43. The number of benzene rings is 10. The number of nitrogens with zero attached hydrogens (tertiary/aromatic N) is 9. The average Bonchev–Trinajstić information content (AvgIpc) is 4.32. The van der Waals surface area contributed by atoms with Crippen molar-refractivity contribution in [2.24, 2.45) is 0 Å². The molecule has 0 spiro atoms. The van der Waals surface area contributed by atoms with Gasteiger partial charge in [0.05, 0.1) is 22.4 Å². The second kappa shape index (κ2) is 19.8. The van der Waals surface area contributed by atoms with Crippen molar-refractivity contribution < 1.29 is 0 Å². The van der Waals surface area contributed by atoms with Crippen LogP contribution in [0.15, 0.2) is 273 Å². The van der Waals surface area contributed by atoms with Gasteiger partial charge < -0.3 is 4.57 Å². The Morgan fingerprint density at radius 2 is 0.564 bits per heavy atom. The van der Waals surface area contributed by atoms with Crippen LogP contribution < -0.4 is 0 Å². The molecule has 14 aromatic rings. The molecule has 0 N–H and O–H groups in total. The number of fused-ring (bicyclic) bond motifs is 3. The van der Waals surface area contributed by atoms with Crippen LogP contribution in [0.2, 0.25) is 0 Å². The van der Waals surface area contributed by atoms with Gasteiger partial charge in [0.1, 0.15) is 5.69 Å². The van der Waals surface area contributed by atoms with Crippen molar-refractivity contribution in [2.45, 2.75) is 0 Å². The van der Waals surface area contributed by atoms with Gasteiger partial charge >= 0.3 is 0 Å². The Balaban J connectivity index is 0.973. The minimum absolute atomic E-state index is 0.572. The zero-order chi connectivity index (χ0) is 51.8. The van der Waals surface area contributed by atoms with Crippen molar-refractivity contribution in [3.8, 4) is 113 Å². The fourth-order valence-electron chi connectivity index (χ4n) is 10.3. The highest BCUT2D eigenvalue weighted by Gasteiger charge is 2.25. The largest absolute Gasteiger partial charge is 0.309 e. The van der Waals surface area contributed by atoms with E-state index in [1.54, 1.807) is 0 Å². The van der Waals surface area contributed by atoms with Gasteiger partial charge in [-0.05, 0) is 66.2 Å². The highest BCUT2D eigenvalue weighted by atomic mass is 15.3. The first-order valence-electron chi connectivity index (χ1n) is 25.9. The first-order valence-corrected chi connectivity index (χ1v) is 25.9. The molecule has 78 heavy (non-hydrogen) atoms. The van der Waals surface area contributed by atoms with E-state index in [-0.39, 0.29) is 0 Å². The van der Waals surface area contributed by atoms with E-state index >= 15 is 0 Å². The van der Waals surface area contributed by atoms with E-state index in [1.807, 2.05) is 133 Å². The molecule has 9 heteroatoms. The molecule has 0 fully saturated rings. The van der Waals surface area contributed by atoms with Crippen LogP contribution >= 0.6 is 0 Å². The molecule has 0 bridgehead atoms. The standard InChI is InChI=1S/C69H45N9/c1-8-22-47(23-9-1)62-61(63(48-24-10-2-11-25-48)78(76-62)56-34-20-7-21-35-56)46-36-40-55(41-37-46)77-59-42-38-53(68-72-64(49-26-12-3-13-27-49)70-65(73-68)50-28-14-4-15-29-50)44-57(59)58-45-54(39-43-60(58)77)69-74-66(51-30-16-5-17-31-51)71-67(75-69)52-32-18-6-19-33-52/h1-45H. The first kappa shape index (κ1) is 45.8. The van der Waals surface area contributed by atoms with Crippen molar-refractivity contribution in [3.63, 3.8) is 0 Å². The molecule has 0 unspecified atom stereocenters. The van der Waals surface area contributed by atoms with Crippen molar-refractivity contribution >= 4 is 21.8 Å². The summed E-state index contributed by atoms with van der Waals surface area (Å²) in [6, 6.07) is 93.6. The topological polar surface area (TPSA) is 100 Å². The minimum Gasteiger partial charge on any atom is -0.309 e. The molecule has 0 aliphatic carbocycles. The van der Waals surface area contributed by atoms with Gasteiger partial charge in [0, 0.05) is 66.5 Å². The summed E-state index contributed by atoms with van der Waals surface area (Å²) in [5.41, 5.74) is 15.4. The summed E-state index contributed by atoms with van der Waals surface area (Å²) >= 11 is 0. The Bertz CT molecular complexity index is 4140. The number of hydrogen-bond donors (Lipinski definition) is 0. The fraction of sp³-hybridized carbons (Fsp3) is 0. The van der Waals surface area contributed by atoms with E-state index in [4.69, 9.17) is 35.0 Å². The number of para-hydroxylation sites is 1. The van der Waals surface area contributed by atoms with Crippen LogP contribution in [0, 0.1) is 0 Å². The maximum Gasteiger partial charge on any atom is 0.164 e. The van der Waals surface area contributed by atoms with Crippen molar-refractivity contribution in [1.29, 1.82) is 0 Å². The molecule has 9 nitrogen and oxygen atoms in total. The lowest BCUT2D eigenvalue weighted by atomic mass is 9.95. The molecule has 0 aliphatic rings. The SMILES string of the molecule is c1ccc(-c2nc(-c3ccccc3)nc(-c3ccc4c(c3)c3cc(-c5nc(-c6ccccc6)nc(-c6ccccc6)n5)ccc3n4-c3ccc(-c4c(-c5ccccc5)nn(-c5ccccc5)c4-c4ccccc4)cc3)n2)cc1. The summed E-state index contributed by atoms with van der Waals surface area (Å²) in [4.78, 5) is 30.6. The molecule has 14 rings (SSSR count). The number of hydrogen-bond acceptors (Lipinski definition) is 7. The van der Waals surface area contributed by atoms with Crippen LogP contribution in [0.3, 0.4) is 0 Å². The van der Waals surface area contributed by atoms with Crippen LogP contribution in [0.1, 0.15) is 0 Å². The second-order valence-corrected chi connectivity index (χ2v) is 19.0. The van der Waals surface area contributed by atoms with Gasteiger partial charge in [-0.25, -0.2) is 34.6 Å². The Hall–Kier alpha value is -10.8. The second-order valence-electron chi connectivity index (χ2n) is 19.0. The number of rotatable bonds is 11. The predicted molar refractivity (Wildman–Crippen MR) is 314 cm³/mol. The molecule has 10 aromatic carbocycles. The zero-order valence-corrected chi connectivity index (χ0v) is 42.0. The molecule has 0 radical (unpaired) electrons. The third-order valence-corrected chi connectivity index (χ3v) is 14.1. The minimum atomic E-state index is 0.572. The molecular weight excluding hydrogens is 955 g/mol. The summed E-state index contributed by atoms with van der Waals surface area (Å²) in [5.74, 6) is 3.54. The fourth-order valence-corrected chi connectivity index (χ4v) is 10.3. The van der Waals surface area contributed by atoms with Crippen molar-refractivity contribution in [2.75, 3.05) is 0 Å². The van der Waals surface area contributed by atoms with Crippen LogP contribution in [-0.4, -0.2) is 44.3 Å². The van der Waals surface area contributed by atoms with E-state index < -0.39 is 0 Å². The third-order valence-electron chi connectivity index (χ3n) is 14.1. The van der Waals surface area contributed by atoms with Crippen LogP contribution in [-0.2, 0) is 0 Å². The lowest BCUT2D eigenvalue weighted by Crippen LogP contribution is -2.00. The van der Waals surface area contributed by atoms with E-state index in [2.05, 4.69) is 149 Å². The van der Waals surface area contributed by atoms with Gasteiger partial charge in [0.15, 0.2) is 34.9 Å². The van der Waals surface area contributed by atoms with Gasteiger partial charge in [-0.3, -0.25) is 0 Å². The van der Waals surface area contributed by atoms with E-state index in [0.29, 0.717) is 34.9 Å². The quantitative estimate of drug-likeness (QED) is 0.127. The Labute approximate surface area is 450 Å². The molecule has 0 atom stereocenters. The van der Waals surface area contributed by atoms with Crippen molar-refractivity contribution in [3.05, 3.63) is 273 Å². The molecular formula is C69H45N9. The molecule has 0 saturated heterocycles. The van der Waals surface area contributed by atoms with Crippen LogP contribution in [0.25, 0.3) is 135 Å². The lowest BCUT2D eigenvalue weighted by molar-refractivity contribution is 0.892. The Morgan fingerprint density at radius 1 is 0.244 bits per heavy atom. The normalized spacial score (nSPS) is 11.3. The van der Waals surface area contributed by atoms with Crippen LogP contribution in [0.5, 0.6) is 0 Å². The van der Waals surface area contributed by atoms with E-state index in [9.17, 15) is 0 Å². The smallest absolute Gasteiger partial charge is 0.164 e. The van der Waals surface area contributed by atoms with E-state index in [0.717, 1.165) is 100 Å². The van der Waals surface area contributed by atoms with Crippen LogP contribution in [0.4, 0.5) is 0 Å². The highest BCUT2D eigenvalue weighted by molar-refractivity contribution is 6.11. The maximum absolute atomic E-state index is 5.40. The summed E-state index contributed by atoms with van der Waals surface area (Å²) in [6.07, 6.45) is 0. The number of aromatic nitrogens is 9. The van der Waals surface area contributed by atoms with Gasteiger partial charge in [0.2, 0.25) is 0 Å². The van der Waals surface area contributed by atoms with E-state index in [1.165, 1.54) is 0 Å². The lowest BCUT2D eigenvalue weighted by Gasteiger charge is -2.13. The first-order chi connectivity index (χ1) is 38.7. The molecule has 0 saturated carbocycles. The zero-order valence-electron chi connectivity index (χ0n) is 42.0. The Morgan fingerprint density at radius 3 is 0.949 bits per heavy atom. The maximum atomic E-state index is 5.40. The molecule has 366 valence electrons. The summed E-state index contributed by atoms with van der Waals surface area (Å²) < 4.78 is 4.42. The van der Waals surface area contributed by atoms with Gasteiger partial charge in [-0.1, -0.05) is 212 Å². The third kappa shape index (κ3) is 8.57. The summed E-state index contributed by atoms with van der Waals surface area (Å²) in [6.45, 7) is 0. The predicted octanol–water partition coefficient (Wildman–Crippen LogP) is 16.3. The molecule has 4 heterocycles. The van der Waals surface area contributed by atoms with Gasteiger partial charge in [0.25, 0.3) is 0 Å². The molecule has 0 amide bonds. The average molecular weight is 1000 g/mol. The van der Waals surface area contributed by atoms with Crippen molar-refractivity contribution in [1.82, 2.24) is 44.3 Å². The monoisotopic (exact) mass is 999 g/mol. The Kier molecular flexibility index (Phi) is 11.6. The molecule has 4 aromatic heterocycles.